The molecule has 0 fully saturated rings. The van der Waals surface area contributed by atoms with E-state index >= 15 is 0 Å². The first-order valence-electron chi connectivity index (χ1n) is 10.3. The molecule has 0 radical (unpaired) electrons. The molecule has 2 amide bonds. The van der Waals surface area contributed by atoms with Crippen LogP contribution in [0, 0.1) is 13.8 Å². The Balaban J connectivity index is 1.80. The number of nitrogens with zero attached hydrogens (tertiary/aromatic N) is 1. The minimum atomic E-state index is -0.523. The zero-order valence-corrected chi connectivity index (χ0v) is 18.7. The van der Waals surface area contributed by atoms with Crippen molar-refractivity contribution < 1.29 is 14.3 Å². The molecule has 160 valence electrons. The van der Waals surface area contributed by atoms with Crippen molar-refractivity contribution in [1.82, 2.24) is 4.90 Å². The van der Waals surface area contributed by atoms with Gasteiger partial charge < -0.3 is 15.0 Å². The molecule has 5 nitrogen and oxygen atoms in total. The highest BCUT2D eigenvalue weighted by Gasteiger charge is 2.44. The van der Waals surface area contributed by atoms with Crippen molar-refractivity contribution in [2.24, 2.45) is 0 Å². The van der Waals surface area contributed by atoms with Crippen LogP contribution in [0.2, 0.25) is 0 Å². The number of carbonyl (C=O) groups excluding carboxylic acids is 2. The summed E-state index contributed by atoms with van der Waals surface area (Å²) in [5.74, 6) is -0.711. The van der Waals surface area contributed by atoms with Gasteiger partial charge in [-0.3, -0.25) is 9.59 Å². The molecule has 1 aromatic heterocycles. The third-order valence-corrected chi connectivity index (χ3v) is 6.52. The summed E-state index contributed by atoms with van der Waals surface area (Å²) in [6.07, 6.45) is 0. The molecule has 2 aromatic carbocycles. The van der Waals surface area contributed by atoms with Crippen LogP contribution < -0.4 is 5.32 Å². The van der Waals surface area contributed by atoms with Gasteiger partial charge in [-0.05, 0) is 60.2 Å². The molecule has 2 atom stereocenters. The van der Waals surface area contributed by atoms with Crippen molar-refractivity contribution in [3.63, 3.8) is 0 Å². The second-order valence-corrected chi connectivity index (χ2v) is 8.86. The van der Waals surface area contributed by atoms with Gasteiger partial charge in [0.2, 0.25) is 5.91 Å². The highest BCUT2D eigenvalue weighted by atomic mass is 32.1. The first kappa shape index (κ1) is 21.3. The number of methoxy groups -OCH3 is 1. The number of amides is 2. The predicted octanol–water partition coefficient (Wildman–Crippen LogP) is 4.93. The van der Waals surface area contributed by atoms with E-state index in [0.717, 1.165) is 27.3 Å². The van der Waals surface area contributed by atoms with E-state index in [1.807, 2.05) is 61.7 Å². The van der Waals surface area contributed by atoms with Crippen LogP contribution in [0.3, 0.4) is 0 Å². The summed E-state index contributed by atoms with van der Waals surface area (Å²) < 4.78 is 5.27. The number of nitrogens with one attached hydrogen (secondary N) is 1. The summed E-state index contributed by atoms with van der Waals surface area (Å²) in [6.45, 7) is 4.84. The molecule has 6 heteroatoms. The second-order valence-electron chi connectivity index (χ2n) is 7.88. The smallest absolute Gasteiger partial charge is 0.254 e. The number of thiophene rings is 1. The van der Waals surface area contributed by atoms with Gasteiger partial charge in [0.25, 0.3) is 5.91 Å². The minimum Gasteiger partial charge on any atom is -0.383 e. The number of ether oxygens (including phenoxy) is 1. The van der Waals surface area contributed by atoms with E-state index in [0.29, 0.717) is 18.7 Å². The number of rotatable bonds is 6. The Morgan fingerprint density at radius 2 is 1.84 bits per heavy atom. The Labute approximate surface area is 186 Å². The van der Waals surface area contributed by atoms with Gasteiger partial charge in [0.05, 0.1) is 18.6 Å². The fraction of sp³-hybridized carbons (Fsp3) is 0.280. The molecule has 1 N–H and O–H groups in total. The third kappa shape index (κ3) is 4.27. The molecule has 0 saturated heterocycles. The van der Waals surface area contributed by atoms with Crippen molar-refractivity contribution in [3.05, 3.63) is 87.1 Å². The van der Waals surface area contributed by atoms with Crippen molar-refractivity contribution >= 4 is 28.8 Å². The molecule has 2 heterocycles. The Morgan fingerprint density at radius 3 is 2.52 bits per heavy atom. The maximum Gasteiger partial charge on any atom is 0.254 e. The van der Waals surface area contributed by atoms with Crippen LogP contribution >= 0.6 is 11.3 Å². The third-order valence-electron chi connectivity index (χ3n) is 5.58. The van der Waals surface area contributed by atoms with Gasteiger partial charge in [0, 0.05) is 29.8 Å². The van der Waals surface area contributed by atoms with Crippen molar-refractivity contribution in [3.8, 4) is 0 Å². The molecular weight excluding hydrogens is 408 g/mol. The number of hydrogen-bond donors (Lipinski definition) is 1. The molecule has 31 heavy (non-hydrogen) atoms. The summed E-state index contributed by atoms with van der Waals surface area (Å²) in [6, 6.07) is 17.0. The van der Waals surface area contributed by atoms with Gasteiger partial charge in [-0.2, -0.15) is 0 Å². The summed E-state index contributed by atoms with van der Waals surface area (Å²) >= 11 is 1.56. The molecule has 3 aromatic rings. The van der Waals surface area contributed by atoms with Crippen LogP contribution in [0.1, 0.15) is 43.9 Å². The van der Waals surface area contributed by atoms with Crippen molar-refractivity contribution in [2.45, 2.75) is 25.8 Å². The SMILES string of the molecule is COCCN1C(=O)c2ccccc2C(C(=O)Nc2cc(C)cc(C)c2)C1c1cccs1. The number of anilines is 1. The van der Waals surface area contributed by atoms with Crippen LogP contribution in [-0.2, 0) is 9.53 Å². The molecule has 4 rings (SSSR count). The molecule has 2 unspecified atom stereocenters. The van der Waals surface area contributed by atoms with E-state index in [1.165, 1.54) is 0 Å². The van der Waals surface area contributed by atoms with E-state index < -0.39 is 5.92 Å². The van der Waals surface area contributed by atoms with Crippen LogP contribution in [-0.4, -0.2) is 37.0 Å². The molecule has 0 spiro atoms. The predicted molar refractivity (Wildman–Crippen MR) is 124 cm³/mol. The van der Waals surface area contributed by atoms with Gasteiger partial charge in [-0.25, -0.2) is 0 Å². The normalized spacial score (nSPS) is 18.0. The number of carbonyl (C=O) groups is 2. The monoisotopic (exact) mass is 434 g/mol. The highest BCUT2D eigenvalue weighted by molar-refractivity contribution is 7.10. The second kappa shape index (κ2) is 9.04. The minimum absolute atomic E-state index is 0.0681. The average Bonchev–Trinajstić information content (AvgIpc) is 3.26. The standard InChI is InChI=1S/C25H26N2O3S/c1-16-13-17(2)15-18(14-16)26-24(28)22-19-7-4-5-8-20(19)25(29)27(10-11-30-3)23(22)21-9-6-12-31-21/h4-9,12-15,22-23H,10-11H2,1-3H3,(H,26,28). The quantitative estimate of drug-likeness (QED) is 0.598. The lowest BCUT2D eigenvalue weighted by Crippen LogP contribution is -2.47. The van der Waals surface area contributed by atoms with Crippen LogP contribution in [0.15, 0.2) is 60.0 Å². The molecule has 0 bridgehead atoms. The summed E-state index contributed by atoms with van der Waals surface area (Å²) in [7, 11) is 1.62. The fourth-order valence-electron chi connectivity index (χ4n) is 4.35. The Morgan fingerprint density at radius 1 is 1.10 bits per heavy atom. The highest BCUT2D eigenvalue weighted by Crippen LogP contribution is 2.44. The largest absolute Gasteiger partial charge is 0.383 e. The number of aryl methyl sites for hydroxylation is 2. The first-order valence-corrected chi connectivity index (χ1v) is 11.2. The maximum absolute atomic E-state index is 13.7. The van der Waals surface area contributed by atoms with Gasteiger partial charge in [-0.1, -0.05) is 30.3 Å². The Kier molecular flexibility index (Phi) is 6.20. The average molecular weight is 435 g/mol. The first-order chi connectivity index (χ1) is 15.0. The lowest BCUT2D eigenvalue weighted by molar-refractivity contribution is -0.119. The summed E-state index contributed by atoms with van der Waals surface area (Å²) in [4.78, 5) is 29.9. The molecule has 1 aliphatic rings. The van der Waals surface area contributed by atoms with E-state index in [1.54, 1.807) is 29.4 Å². The number of benzene rings is 2. The van der Waals surface area contributed by atoms with Crippen LogP contribution in [0.4, 0.5) is 5.69 Å². The summed E-state index contributed by atoms with van der Waals surface area (Å²) in [5, 5.41) is 5.09. The molecular formula is C25H26N2O3S. The summed E-state index contributed by atoms with van der Waals surface area (Å²) in [5.41, 5.74) is 4.29. The number of fused-ring (bicyclic) bond motifs is 1. The lowest BCUT2D eigenvalue weighted by atomic mass is 9.81. The van der Waals surface area contributed by atoms with Gasteiger partial charge in [0.1, 0.15) is 0 Å². The number of hydrogen-bond acceptors (Lipinski definition) is 4. The van der Waals surface area contributed by atoms with Gasteiger partial charge in [-0.15, -0.1) is 11.3 Å². The Hall–Kier alpha value is -2.96. The maximum atomic E-state index is 13.7. The van der Waals surface area contributed by atoms with Gasteiger partial charge in [0.15, 0.2) is 0 Å². The fourth-order valence-corrected chi connectivity index (χ4v) is 5.23. The van der Waals surface area contributed by atoms with Crippen molar-refractivity contribution in [1.29, 1.82) is 0 Å². The topological polar surface area (TPSA) is 58.6 Å². The lowest BCUT2D eigenvalue weighted by Gasteiger charge is -2.41. The van der Waals surface area contributed by atoms with E-state index in [-0.39, 0.29) is 17.9 Å². The van der Waals surface area contributed by atoms with Crippen molar-refractivity contribution in [2.75, 3.05) is 25.6 Å². The van der Waals surface area contributed by atoms with Crippen LogP contribution in [0.5, 0.6) is 0 Å². The zero-order chi connectivity index (χ0) is 22.0. The molecule has 1 aliphatic heterocycles. The van der Waals surface area contributed by atoms with Crippen LogP contribution in [0.25, 0.3) is 0 Å². The Bertz CT molecular complexity index is 1070. The van der Waals surface area contributed by atoms with E-state index in [9.17, 15) is 9.59 Å². The molecule has 0 saturated carbocycles. The van der Waals surface area contributed by atoms with E-state index in [4.69, 9.17) is 4.74 Å². The van der Waals surface area contributed by atoms with Gasteiger partial charge >= 0.3 is 0 Å². The molecule has 0 aliphatic carbocycles. The van der Waals surface area contributed by atoms with E-state index in [2.05, 4.69) is 11.4 Å². The zero-order valence-electron chi connectivity index (χ0n) is 17.9.